The van der Waals surface area contributed by atoms with E-state index in [1.165, 1.54) is 6.07 Å². The van der Waals surface area contributed by atoms with Gasteiger partial charge in [0.25, 0.3) is 5.91 Å². The molecule has 2 aromatic rings. The number of aromatic nitrogens is 2. The van der Waals surface area contributed by atoms with Crippen LogP contribution in [-0.2, 0) is 4.79 Å². The second-order valence-electron chi connectivity index (χ2n) is 5.88. The molecule has 6 nitrogen and oxygen atoms in total. The Morgan fingerprint density at radius 2 is 1.96 bits per heavy atom. The summed E-state index contributed by atoms with van der Waals surface area (Å²) < 4.78 is 14.0. The van der Waals surface area contributed by atoms with E-state index in [4.69, 9.17) is 12.2 Å². The molecule has 0 fully saturated rings. The van der Waals surface area contributed by atoms with E-state index in [1.807, 2.05) is 6.92 Å². The number of hydrogen-bond acceptors (Lipinski definition) is 3. The van der Waals surface area contributed by atoms with Gasteiger partial charge in [0.2, 0.25) is 5.91 Å². The highest BCUT2D eigenvalue weighted by Gasteiger charge is 2.28. The van der Waals surface area contributed by atoms with E-state index in [0.717, 1.165) is 6.07 Å². The Hall–Kier alpha value is -2.22. The van der Waals surface area contributed by atoms with Gasteiger partial charge in [0.05, 0.1) is 22.0 Å². The summed E-state index contributed by atoms with van der Waals surface area (Å²) in [7, 11) is 0. The monoisotopic (exact) mass is 338 g/mol. The number of carbonyl (C=O) groups excluding carboxylic acids is 2. The number of H-pyrrole nitrogens is 2. The quantitative estimate of drug-likeness (QED) is 0.630. The molecule has 0 aliphatic carbocycles. The first kappa shape index (κ1) is 17.1. The van der Waals surface area contributed by atoms with Crippen LogP contribution in [0.5, 0.6) is 0 Å². The van der Waals surface area contributed by atoms with Crippen molar-refractivity contribution >= 4 is 35.1 Å². The standard InChI is InChI=1S/C15H19FN4O2S/c1-4-17-13(22)15(2,3)7-18-12(21)9-5-8(16)6-10-11(9)20-14(23)19-10/h5-6H,4,7H2,1-3H3,(H,17,22)(H,18,21)(H2,19,20,23). The summed E-state index contributed by atoms with van der Waals surface area (Å²) in [4.78, 5) is 29.9. The first-order chi connectivity index (χ1) is 10.7. The van der Waals surface area contributed by atoms with Crippen molar-refractivity contribution < 1.29 is 14.0 Å². The number of halogens is 1. The maximum absolute atomic E-state index is 13.7. The molecular weight excluding hydrogens is 319 g/mol. The highest BCUT2D eigenvalue weighted by molar-refractivity contribution is 7.71. The summed E-state index contributed by atoms with van der Waals surface area (Å²) in [6.45, 7) is 5.91. The fraction of sp³-hybridized carbons (Fsp3) is 0.400. The molecule has 0 saturated heterocycles. The van der Waals surface area contributed by atoms with Gasteiger partial charge in [0.1, 0.15) is 5.82 Å². The molecule has 8 heteroatoms. The van der Waals surface area contributed by atoms with Gasteiger partial charge in [-0.1, -0.05) is 0 Å². The van der Waals surface area contributed by atoms with Gasteiger partial charge >= 0.3 is 0 Å². The topological polar surface area (TPSA) is 89.8 Å². The molecule has 0 spiro atoms. The lowest BCUT2D eigenvalue weighted by Gasteiger charge is -2.23. The van der Waals surface area contributed by atoms with Crippen LogP contribution in [-0.4, -0.2) is 34.9 Å². The van der Waals surface area contributed by atoms with Crippen molar-refractivity contribution in [2.24, 2.45) is 5.41 Å². The minimum absolute atomic E-state index is 0.126. The van der Waals surface area contributed by atoms with E-state index in [0.29, 0.717) is 22.3 Å². The summed E-state index contributed by atoms with van der Waals surface area (Å²) in [5, 5.41) is 5.39. The third-order valence-corrected chi connectivity index (χ3v) is 3.68. The Morgan fingerprint density at radius 1 is 1.26 bits per heavy atom. The van der Waals surface area contributed by atoms with Crippen LogP contribution in [0, 0.1) is 16.0 Å². The number of amides is 2. The van der Waals surface area contributed by atoms with Crippen LogP contribution in [0.25, 0.3) is 11.0 Å². The zero-order valence-electron chi connectivity index (χ0n) is 13.2. The number of imidazole rings is 1. The number of rotatable bonds is 5. The Bertz CT molecular complexity index is 809. The van der Waals surface area contributed by atoms with Crippen molar-refractivity contribution in [2.75, 3.05) is 13.1 Å². The van der Waals surface area contributed by atoms with Crippen molar-refractivity contribution in [1.29, 1.82) is 0 Å². The van der Waals surface area contributed by atoms with Crippen LogP contribution in [0.2, 0.25) is 0 Å². The lowest BCUT2D eigenvalue weighted by Crippen LogP contribution is -2.44. The molecule has 0 atom stereocenters. The number of nitrogens with one attached hydrogen (secondary N) is 4. The van der Waals surface area contributed by atoms with E-state index in [9.17, 15) is 14.0 Å². The summed E-state index contributed by atoms with van der Waals surface area (Å²) in [6, 6.07) is 2.40. The van der Waals surface area contributed by atoms with Gasteiger partial charge in [-0.3, -0.25) is 9.59 Å². The molecule has 0 aliphatic rings. The maximum atomic E-state index is 13.7. The molecule has 23 heavy (non-hydrogen) atoms. The minimum atomic E-state index is -0.775. The molecule has 0 saturated carbocycles. The number of carbonyl (C=O) groups is 2. The SMILES string of the molecule is CCNC(=O)C(C)(C)CNC(=O)c1cc(F)cc2[nH]c(=S)[nH]c12. The molecule has 1 aromatic heterocycles. The van der Waals surface area contributed by atoms with Crippen molar-refractivity contribution in [1.82, 2.24) is 20.6 Å². The van der Waals surface area contributed by atoms with Crippen LogP contribution in [0.1, 0.15) is 31.1 Å². The lowest BCUT2D eigenvalue weighted by atomic mass is 9.92. The molecule has 2 amide bonds. The highest BCUT2D eigenvalue weighted by Crippen LogP contribution is 2.19. The third-order valence-electron chi connectivity index (χ3n) is 3.48. The van der Waals surface area contributed by atoms with Gasteiger partial charge in [0, 0.05) is 13.1 Å². The molecule has 1 aromatic carbocycles. The summed E-state index contributed by atoms with van der Waals surface area (Å²) in [5.41, 5.74) is 0.218. The maximum Gasteiger partial charge on any atom is 0.253 e. The van der Waals surface area contributed by atoms with Crippen LogP contribution in [0.4, 0.5) is 4.39 Å². The van der Waals surface area contributed by atoms with Gasteiger partial charge < -0.3 is 20.6 Å². The number of benzene rings is 1. The molecule has 0 aliphatic heterocycles. The molecule has 124 valence electrons. The van der Waals surface area contributed by atoms with Crippen LogP contribution in [0.15, 0.2) is 12.1 Å². The van der Waals surface area contributed by atoms with Gasteiger partial charge in [-0.05, 0) is 45.1 Å². The minimum Gasteiger partial charge on any atom is -0.356 e. The second-order valence-corrected chi connectivity index (χ2v) is 6.29. The fourth-order valence-corrected chi connectivity index (χ4v) is 2.37. The van der Waals surface area contributed by atoms with Crippen LogP contribution in [0.3, 0.4) is 0 Å². The Kier molecular flexibility index (Phi) is 4.84. The number of fused-ring (bicyclic) bond motifs is 1. The Morgan fingerprint density at radius 3 is 2.61 bits per heavy atom. The summed E-state index contributed by atoms with van der Waals surface area (Å²) >= 11 is 4.97. The second kappa shape index (κ2) is 6.49. The highest BCUT2D eigenvalue weighted by atomic mass is 32.1. The van der Waals surface area contributed by atoms with Gasteiger partial charge in [-0.25, -0.2) is 4.39 Å². The van der Waals surface area contributed by atoms with E-state index in [1.54, 1.807) is 13.8 Å². The smallest absolute Gasteiger partial charge is 0.253 e. The van der Waals surface area contributed by atoms with E-state index < -0.39 is 17.1 Å². The van der Waals surface area contributed by atoms with E-state index in [2.05, 4.69) is 20.6 Å². The normalized spacial score (nSPS) is 11.5. The Labute approximate surface area is 137 Å². The van der Waals surface area contributed by atoms with E-state index >= 15 is 0 Å². The first-order valence-corrected chi connectivity index (χ1v) is 7.63. The third kappa shape index (κ3) is 3.76. The van der Waals surface area contributed by atoms with Crippen LogP contribution >= 0.6 is 12.2 Å². The van der Waals surface area contributed by atoms with Crippen LogP contribution < -0.4 is 10.6 Å². The molecule has 0 radical (unpaired) electrons. The van der Waals surface area contributed by atoms with Gasteiger partial charge in [-0.2, -0.15) is 0 Å². The average molecular weight is 338 g/mol. The largest absolute Gasteiger partial charge is 0.356 e. The van der Waals surface area contributed by atoms with Crippen molar-refractivity contribution in [3.63, 3.8) is 0 Å². The predicted molar refractivity (Wildman–Crippen MR) is 88.2 cm³/mol. The van der Waals surface area contributed by atoms with Crippen molar-refractivity contribution in [3.8, 4) is 0 Å². The molecular formula is C15H19FN4O2S. The average Bonchev–Trinajstić information content (AvgIpc) is 2.84. The molecule has 0 bridgehead atoms. The molecule has 1 heterocycles. The predicted octanol–water partition coefficient (Wildman–Crippen LogP) is 2.26. The fourth-order valence-electron chi connectivity index (χ4n) is 2.16. The lowest BCUT2D eigenvalue weighted by molar-refractivity contribution is -0.128. The zero-order chi connectivity index (χ0) is 17.2. The number of hydrogen-bond donors (Lipinski definition) is 4. The first-order valence-electron chi connectivity index (χ1n) is 7.22. The van der Waals surface area contributed by atoms with E-state index in [-0.39, 0.29) is 18.0 Å². The molecule has 2 rings (SSSR count). The van der Waals surface area contributed by atoms with Crippen molar-refractivity contribution in [2.45, 2.75) is 20.8 Å². The van der Waals surface area contributed by atoms with Gasteiger partial charge in [0.15, 0.2) is 4.77 Å². The summed E-state index contributed by atoms with van der Waals surface area (Å²) in [6.07, 6.45) is 0. The number of aromatic amines is 2. The summed E-state index contributed by atoms with van der Waals surface area (Å²) in [5.74, 6) is -1.18. The molecule has 0 unspecified atom stereocenters. The van der Waals surface area contributed by atoms with Crippen molar-refractivity contribution in [3.05, 3.63) is 28.3 Å². The molecule has 4 N–H and O–H groups in total. The Balaban J connectivity index is 2.22. The zero-order valence-corrected chi connectivity index (χ0v) is 14.0. The van der Waals surface area contributed by atoms with Gasteiger partial charge in [-0.15, -0.1) is 0 Å².